The molecular weight excluding hydrogens is 399 g/mol. The molecule has 2 atom stereocenters. The van der Waals surface area contributed by atoms with Gasteiger partial charge >= 0.3 is 0 Å². The van der Waals surface area contributed by atoms with Crippen molar-refractivity contribution < 1.29 is 18.4 Å². The van der Waals surface area contributed by atoms with Crippen LogP contribution in [-0.4, -0.2) is 42.7 Å². The molecule has 0 radical (unpaired) electrons. The minimum Gasteiger partial charge on any atom is -0.497 e. The Morgan fingerprint density at radius 3 is 2.71 bits per heavy atom. The van der Waals surface area contributed by atoms with Crippen molar-refractivity contribution in [1.29, 1.82) is 0 Å². The van der Waals surface area contributed by atoms with E-state index in [9.17, 15) is 9.18 Å². The number of aromatic nitrogens is 1. The first-order chi connectivity index (χ1) is 15.1. The lowest BCUT2D eigenvalue weighted by Crippen LogP contribution is -2.43. The number of halogens is 1. The summed E-state index contributed by atoms with van der Waals surface area (Å²) in [5.74, 6) is 0.654. The van der Waals surface area contributed by atoms with Crippen LogP contribution in [0.25, 0.3) is 11.0 Å². The maximum Gasteiger partial charge on any atom is 0.229 e. The van der Waals surface area contributed by atoms with E-state index in [0.29, 0.717) is 25.2 Å². The molecule has 8 heteroatoms. The van der Waals surface area contributed by atoms with Gasteiger partial charge < -0.3 is 14.2 Å². The van der Waals surface area contributed by atoms with Crippen LogP contribution in [0.2, 0.25) is 0 Å². The monoisotopic (exact) mass is 424 g/mol. The highest BCUT2D eigenvalue weighted by Crippen LogP contribution is 2.34. The van der Waals surface area contributed by atoms with E-state index in [0.717, 1.165) is 35.2 Å². The number of carbonyl (C=O) groups is 1. The zero-order valence-corrected chi connectivity index (χ0v) is 17.3. The van der Waals surface area contributed by atoms with Gasteiger partial charge in [-0.2, -0.15) is 0 Å². The highest BCUT2D eigenvalue weighted by molar-refractivity contribution is 5.81. The number of carbonyl (C=O) groups excluding carboxylic acids is 1. The summed E-state index contributed by atoms with van der Waals surface area (Å²) in [5, 5.41) is 5.05. The summed E-state index contributed by atoms with van der Waals surface area (Å²) in [4.78, 5) is 15.2. The fourth-order valence-corrected chi connectivity index (χ4v) is 4.69. The van der Waals surface area contributed by atoms with Gasteiger partial charge in [0.1, 0.15) is 11.6 Å². The van der Waals surface area contributed by atoms with E-state index >= 15 is 0 Å². The number of amides is 1. The Hall–Kier alpha value is -2.97. The van der Waals surface area contributed by atoms with E-state index in [-0.39, 0.29) is 29.6 Å². The van der Waals surface area contributed by atoms with Gasteiger partial charge in [0.15, 0.2) is 5.58 Å². The fourth-order valence-electron chi connectivity index (χ4n) is 4.69. The number of hydrogen-bond donors (Lipinski definition) is 2. The van der Waals surface area contributed by atoms with Crippen molar-refractivity contribution in [2.75, 3.05) is 26.7 Å². The molecule has 1 amide bonds. The third-order valence-corrected chi connectivity index (χ3v) is 6.43. The molecule has 0 saturated carbocycles. The van der Waals surface area contributed by atoms with E-state index < -0.39 is 0 Å². The number of nitrogens with one attached hydrogen (secondary N) is 2. The van der Waals surface area contributed by atoms with Crippen molar-refractivity contribution >= 4 is 16.9 Å². The maximum atomic E-state index is 13.4. The summed E-state index contributed by atoms with van der Waals surface area (Å²) in [7, 11) is 1.64. The number of hydrogen-bond acceptors (Lipinski definition) is 6. The lowest BCUT2D eigenvalue weighted by atomic mass is 9.89. The second-order valence-corrected chi connectivity index (χ2v) is 8.19. The zero-order valence-electron chi connectivity index (χ0n) is 17.3. The first-order valence-electron chi connectivity index (χ1n) is 10.6. The Kier molecular flexibility index (Phi) is 5.33. The largest absolute Gasteiger partial charge is 0.497 e. The molecule has 0 aliphatic carbocycles. The zero-order chi connectivity index (χ0) is 21.4. The number of fused-ring (bicyclic) bond motifs is 1. The van der Waals surface area contributed by atoms with Crippen molar-refractivity contribution in [3.8, 4) is 5.75 Å². The molecule has 7 nitrogen and oxygen atoms in total. The normalized spacial score (nSPS) is 22.2. The first kappa shape index (κ1) is 20.0. The highest BCUT2D eigenvalue weighted by Gasteiger charge is 2.38. The number of hydrazine groups is 1. The fraction of sp³-hybridized carbons (Fsp3) is 0.391. The van der Waals surface area contributed by atoms with E-state index in [1.807, 2.05) is 29.2 Å². The van der Waals surface area contributed by atoms with Crippen molar-refractivity contribution in [2.45, 2.75) is 24.8 Å². The molecule has 3 aromatic rings. The lowest BCUT2D eigenvalue weighted by molar-refractivity contribution is -0.136. The van der Waals surface area contributed by atoms with Crippen molar-refractivity contribution in [2.24, 2.45) is 5.92 Å². The summed E-state index contributed by atoms with van der Waals surface area (Å²) in [6.07, 6.45) is 1.62. The van der Waals surface area contributed by atoms with Crippen LogP contribution < -0.4 is 15.6 Å². The number of ether oxygens (including phenoxy) is 1. The van der Waals surface area contributed by atoms with Gasteiger partial charge in [-0.25, -0.2) is 9.82 Å². The average Bonchev–Trinajstić information content (AvgIpc) is 3.46. The van der Waals surface area contributed by atoms with Crippen molar-refractivity contribution in [3.63, 3.8) is 0 Å². The minimum atomic E-state index is -0.333. The van der Waals surface area contributed by atoms with E-state index in [1.54, 1.807) is 13.2 Å². The van der Waals surface area contributed by atoms with Gasteiger partial charge in [0.25, 0.3) is 0 Å². The number of benzene rings is 2. The predicted octanol–water partition coefficient (Wildman–Crippen LogP) is 3.15. The Balaban J connectivity index is 1.25. The molecule has 2 N–H and O–H groups in total. The van der Waals surface area contributed by atoms with Crippen LogP contribution in [0.1, 0.15) is 36.1 Å². The number of methoxy groups -OCH3 is 1. The molecule has 2 saturated heterocycles. The quantitative estimate of drug-likeness (QED) is 0.670. The van der Waals surface area contributed by atoms with Gasteiger partial charge in [0, 0.05) is 37.0 Å². The first-order valence-corrected chi connectivity index (χ1v) is 10.6. The maximum absolute atomic E-state index is 13.4. The standard InChI is InChI=1S/C23H25FN4O3/c1-30-17-5-2-14(3-6-17)21-19(13-25-26-21)23(29)28-10-8-15(9-11-28)22-18-7-4-16(24)12-20(18)31-27-22/h2-7,12,15,19,21,25-26H,8-11,13H2,1H3. The molecule has 2 unspecified atom stereocenters. The second-order valence-electron chi connectivity index (χ2n) is 8.19. The molecule has 1 aromatic heterocycles. The third-order valence-electron chi connectivity index (χ3n) is 6.43. The predicted molar refractivity (Wildman–Crippen MR) is 113 cm³/mol. The number of rotatable bonds is 4. The van der Waals surface area contributed by atoms with Gasteiger partial charge in [0.05, 0.1) is 24.8 Å². The van der Waals surface area contributed by atoms with Gasteiger partial charge in [-0.15, -0.1) is 0 Å². The highest BCUT2D eigenvalue weighted by atomic mass is 19.1. The van der Waals surface area contributed by atoms with Crippen LogP contribution in [0.5, 0.6) is 5.75 Å². The van der Waals surface area contributed by atoms with Gasteiger partial charge in [-0.1, -0.05) is 17.3 Å². The Morgan fingerprint density at radius 1 is 1.19 bits per heavy atom. The lowest BCUT2D eigenvalue weighted by Gasteiger charge is -2.34. The van der Waals surface area contributed by atoms with Crippen LogP contribution in [0.4, 0.5) is 4.39 Å². The number of nitrogens with zero attached hydrogens (tertiary/aromatic N) is 2. The van der Waals surface area contributed by atoms with Gasteiger partial charge in [0.2, 0.25) is 5.91 Å². The second kappa shape index (κ2) is 8.28. The van der Waals surface area contributed by atoms with Crippen molar-refractivity contribution in [1.82, 2.24) is 20.9 Å². The molecule has 3 heterocycles. The molecular formula is C23H25FN4O3. The van der Waals surface area contributed by atoms with E-state index in [4.69, 9.17) is 9.26 Å². The Bertz CT molecular complexity index is 1080. The number of piperidine rings is 1. The van der Waals surface area contributed by atoms with E-state index in [1.165, 1.54) is 12.1 Å². The Morgan fingerprint density at radius 2 is 1.97 bits per heavy atom. The van der Waals surface area contributed by atoms with Gasteiger partial charge in [-0.05, 0) is 42.7 Å². The topological polar surface area (TPSA) is 79.6 Å². The summed E-state index contributed by atoms with van der Waals surface area (Å²) in [5.41, 5.74) is 8.78. The van der Waals surface area contributed by atoms with Crippen molar-refractivity contribution in [3.05, 3.63) is 59.5 Å². The molecule has 0 spiro atoms. The number of likely N-dealkylation sites (tertiary alicyclic amines) is 1. The molecule has 2 fully saturated rings. The third kappa shape index (κ3) is 3.77. The smallest absolute Gasteiger partial charge is 0.229 e. The van der Waals surface area contributed by atoms with Crippen LogP contribution >= 0.6 is 0 Å². The molecule has 5 rings (SSSR count). The molecule has 162 valence electrons. The minimum absolute atomic E-state index is 0.0782. The van der Waals surface area contributed by atoms with E-state index in [2.05, 4.69) is 16.0 Å². The molecule has 2 aromatic carbocycles. The Labute approximate surface area is 179 Å². The molecule has 2 aliphatic rings. The SMILES string of the molecule is COc1ccc(C2NNCC2C(=O)N2CCC(c3noc4cc(F)ccc34)CC2)cc1. The van der Waals surface area contributed by atoms with Crippen LogP contribution in [0.3, 0.4) is 0 Å². The molecule has 2 aliphatic heterocycles. The van der Waals surface area contributed by atoms with Crippen LogP contribution in [-0.2, 0) is 4.79 Å². The summed E-state index contributed by atoms with van der Waals surface area (Å²) in [6.45, 7) is 1.94. The molecule has 0 bridgehead atoms. The van der Waals surface area contributed by atoms with Crippen LogP contribution in [0, 0.1) is 11.7 Å². The van der Waals surface area contributed by atoms with Crippen LogP contribution in [0.15, 0.2) is 47.0 Å². The summed E-state index contributed by atoms with van der Waals surface area (Å²) < 4.78 is 24.0. The molecule has 31 heavy (non-hydrogen) atoms. The summed E-state index contributed by atoms with van der Waals surface area (Å²) in [6, 6.07) is 12.3. The summed E-state index contributed by atoms with van der Waals surface area (Å²) >= 11 is 0. The average molecular weight is 424 g/mol. The van der Waals surface area contributed by atoms with Gasteiger partial charge in [-0.3, -0.25) is 10.2 Å².